The molecule has 22 heavy (non-hydrogen) atoms. The van der Waals surface area contributed by atoms with Crippen molar-refractivity contribution in [2.45, 2.75) is 13.1 Å². The predicted molar refractivity (Wildman–Crippen MR) is 79.7 cm³/mol. The molecule has 0 aliphatic rings. The first-order chi connectivity index (χ1) is 10.4. The van der Waals surface area contributed by atoms with Crippen molar-refractivity contribution >= 4 is 11.8 Å². The standard InChI is InChI=1S/C16H14F3N3/c1-3-22(12-16(17,18)19)15-9-7-13(8-10-15)5-4-6-14(11-20)21-2/h4-10H,3,12H2,1H3/b5-4+,14-6-. The lowest BCUT2D eigenvalue weighted by Crippen LogP contribution is -2.33. The van der Waals surface area contributed by atoms with Gasteiger partial charge in [0.25, 0.3) is 5.70 Å². The summed E-state index contributed by atoms with van der Waals surface area (Å²) in [7, 11) is 0. The van der Waals surface area contributed by atoms with E-state index >= 15 is 0 Å². The Labute approximate surface area is 127 Å². The number of alkyl halides is 3. The van der Waals surface area contributed by atoms with Gasteiger partial charge in [-0.3, -0.25) is 0 Å². The van der Waals surface area contributed by atoms with E-state index in [1.165, 1.54) is 11.0 Å². The zero-order chi connectivity index (χ0) is 16.6. The van der Waals surface area contributed by atoms with Gasteiger partial charge in [-0.15, -0.1) is 0 Å². The average molecular weight is 305 g/mol. The summed E-state index contributed by atoms with van der Waals surface area (Å²) in [6, 6.07) is 8.32. The van der Waals surface area contributed by atoms with Gasteiger partial charge in [-0.05, 0) is 30.7 Å². The second kappa shape index (κ2) is 7.90. The van der Waals surface area contributed by atoms with Crippen molar-refractivity contribution in [3.63, 3.8) is 0 Å². The Morgan fingerprint density at radius 3 is 2.45 bits per heavy atom. The number of allylic oxidation sites excluding steroid dienone is 3. The topological polar surface area (TPSA) is 31.4 Å². The Kier molecular flexibility index (Phi) is 6.22. The molecule has 0 aromatic heterocycles. The van der Waals surface area contributed by atoms with Crippen LogP contribution in [0.5, 0.6) is 0 Å². The first-order valence-corrected chi connectivity index (χ1v) is 6.47. The highest BCUT2D eigenvalue weighted by atomic mass is 19.4. The van der Waals surface area contributed by atoms with Gasteiger partial charge in [0.15, 0.2) is 0 Å². The smallest absolute Gasteiger partial charge is 0.363 e. The quantitative estimate of drug-likeness (QED) is 0.458. The highest BCUT2D eigenvalue weighted by Crippen LogP contribution is 2.22. The monoisotopic (exact) mass is 305 g/mol. The summed E-state index contributed by atoms with van der Waals surface area (Å²) in [5, 5.41) is 8.58. The van der Waals surface area contributed by atoms with Gasteiger partial charge in [0.2, 0.25) is 0 Å². The minimum Gasteiger partial charge on any atom is -0.363 e. The molecule has 0 N–H and O–H groups in total. The minimum absolute atomic E-state index is 0.0322. The van der Waals surface area contributed by atoms with Crippen molar-refractivity contribution in [1.29, 1.82) is 5.26 Å². The molecule has 1 aromatic carbocycles. The van der Waals surface area contributed by atoms with Crippen LogP contribution in [-0.4, -0.2) is 19.3 Å². The molecule has 0 heterocycles. The first kappa shape index (κ1) is 17.3. The maximum atomic E-state index is 12.5. The van der Waals surface area contributed by atoms with Gasteiger partial charge in [0.1, 0.15) is 6.54 Å². The van der Waals surface area contributed by atoms with E-state index in [4.69, 9.17) is 11.8 Å². The van der Waals surface area contributed by atoms with E-state index in [0.717, 1.165) is 5.56 Å². The second-order valence-corrected chi connectivity index (χ2v) is 4.36. The lowest BCUT2D eigenvalue weighted by Gasteiger charge is -2.24. The molecule has 3 nitrogen and oxygen atoms in total. The molecule has 0 fully saturated rings. The largest absolute Gasteiger partial charge is 0.405 e. The molecule has 0 unspecified atom stereocenters. The maximum absolute atomic E-state index is 12.5. The summed E-state index contributed by atoms with van der Waals surface area (Å²) in [5.41, 5.74) is 1.23. The van der Waals surface area contributed by atoms with Crippen molar-refractivity contribution in [1.82, 2.24) is 0 Å². The van der Waals surface area contributed by atoms with E-state index in [0.29, 0.717) is 5.69 Å². The highest BCUT2D eigenvalue weighted by Gasteiger charge is 2.30. The third kappa shape index (κ3) is 5.72. The second-order valence-electron chi connectivity index (χ2n) is 4.36. The molecule has 1 aromatic rings. The molecule has 0 atom stereocenters. The van der Waals surface area contributed by atoms with Crippen LogP contribution in [0, 0.1) is 17.9 Å². The maximum Gasteiger partial charge on any atom is 0.405 e. The van der Waals surface area contributed by atoms with Crippen LogP contribution in [0.4, 0.5) is 18.9 Å². The number of hydrogen-bond donors (Lipinski definition) is 0. The number of halogens is 3. The number of anilines is 1. The molecule has 114 valence electrons. The van der Waals surface area contributed by atoms with E-state index < -0.39 is 12.7 Å². The Morgan fingerprint density at radius 1 is 1.36 bits per heavy atom. The molecule has 0 radical (unpaired) electrons. The molecule has 0 aliphatic carbocycles. The fourth-order valence-electron chi connectivity index (χ4n) is 1.75. The van der Waals surface area contributed by atoms with Gasteiger partial charge in [-0.1, -0.05) is 24.3 Å². The lowest BCUT2D eigenvalue weighted by atomic mass is 10.1. The molecule has 0 aliphatic heterocycles. The molecule has 0 spiro atoms. The fraction of sp³-hybridized carbons (Fsp3) is 0.250. The fourth-order valence-corrected chi connectivity index (χ4v) is 1.75. The van der Waals surface area contributed by atoms with Crippen LogP contribution in [0.25, 0.3) is 10.9 Å². The van der Waals surface area contributed by atoms with Crippen LogP contribution >= 0.6 is 0 Å². The van der Waals surface area contributed by atoms with Gasteiger partial charge in [0.05, 0.1) is 12.6 Å². The van der Waals surface area contributed by atoms with E-state index in [-0.39, 0.29) is 12.2 Å². The molecule has 0 saturated carbocycles. The molecule has 0 bridgehead atoms. The normalized spacial score (nSPS) is 12.0. The summed E-state index contributed by atoms with van der Waals surface area (Å²) in [6.45, 7) is 7.65. The summed E-state index contributed by atoms with van der Waals surface area (Å²) in [4.78, 5) is 4.24. The van der Waals surface area contributed by atoms with Crippen molar-refractivity contribution < 1.29 is 13.2 Å². The number of nitrogens with zero attached hydrogens (tertiary/aromatic N) is 3. The van der Waals surface area contributed by atoms with Crippen LogP contribution in [0.2, 0.25) is 0 Å². The van der Waals surface area contributed by atoms with Gasteiger partial charge in [-0.2, -0.15) is 13.2 Å². The number of hydrogen-bond acceptors (Lipinski definition) is 2. The summed E-state index contributed by atoms with van der Waals surface area (Å²) >= 11 is 0. The van der Waals surface area contributed by atoms with Crippen molar-refractivity contribution in [3.8, 4) is 6.07 Å². The molecular weight excluding hydrogens is 291 g/mol. The first-order valence-electron chi connectivity index (χ1n) is 6.47. The van der Waals surface area contributed by atoms with Gasteiger partial charge in [-0.25, -0.2) is 10.1 Å². The van der Waals surface area contributed by atoms with Gasteiger partial charge >= 0.3 is 6.18 Å². The van der Waals surface area contributed by atoms with Gasteiger partial charge < -0.3 is 4.90 Å². The summed E-state index contributed by atoms with van der Waals surface area (Å²) in [6.07, 6.45) is 0.362. The van der Waals surface area contributed by atoms with Crippen LogP contribution in [0.1, 0.15) is 12.5 Å². The third-order valence-electron chi connectivity index (χ3n) is 2.79. The van der Waals surface area contributed by atoms with Crippen LogP contribution in [-0.2, 0) is 0 Å². The Hall–Kier alpha value is -2.73. The third-order valence-corrected chi connectivity index (χ3v) is 2.79. The Morgan fingerprint density at radius 2 is 2.00 bits per heavy atom. The van der Waals surface area contributed by atoms with E-state index in [1.807, 2.05) is 0 Å². The van der Waals surface area contributed by atoms with Gasteiger partial charge in [0, 0.05) is 12.2 Å². The molecule has 6 heteroatoms. The molecule has 0 saturated heterocycles. The number of benzene rings is 1. The average Bonchev–Trinajstić information content (AvgIpc) is 2.49. The summed E-state index contributed by atoms with van der Waals surface area (Å²) in [5.74, 6) is 0. The minimum atomic E-state index is -4.24. The zero-order valence-electron chi connectivity index (χ0n) is 11.9. The molecular formula is C16H14F3N3. The predicted octanol–water partition coefficient (Wildman–Crippen LogP) is 4.42. The van der Waals surface area contributed by atoms with Crippen LogP contribution < -0.4 is 4.90 Å². The van der Waals surface area contributed by atoms with E-state index in [9.17, 15) is 13.2 Å². The molecule has 1 rings (SSSR count). The highest BCUT2D eigenvalue weighted by molar-refractivity contribution is 5.57. The number of rotatable bonds is 5. The summed E-state index contributed by atoms with van der Waals surface area (Å²) < 4.78 is 37.4. The number of nitriles is 1. The lowest BCUT2D eigenvalue weighted by molar-refractivity contribution is -0.119. The Balaban J connectivity index is 2.83. The zero-order valence-corrected chi connectivity index (χ0v) is 11.9. The molecule has 0 amide bonds. The van der Waals surface area contributed by atoms with E-state index in [2.05, 4.69) is 4.85 Å². The van der Waals surface area contributed by atoms with Crippen LogP contribution in [0.15, 0.2) is 42.1 Å². The SMILES string of the molecule is [C-]#[N+]/C(C#N)=C\C=C\c1ccc(N(CC)CC(F)(F)F)cc1. The van der Waals surface area contributed by atoms with Crippen molar-refractivity contribution in [3.05, 3.63) is 59.1 Å². The van der Waals surface area contributed by atoms with E-state index in [1.54, 1.807) is 49.4 Å². The van der Waals surface area contributed by atoms with Crippen molar-refractivity contribution in [2.75, 3.05) is 18.0 Å². The van der Waals surface area contributed by atoms with Crippen LogP contribution in [0.3, 0.4) is 0 Å². The van der Waals surface area contributed by atoms with Crippen molar-refractivity contribution in [2.24, 2.45) is 0 Å². The Bertz CT molecular complexity index is 613.